The summed E-state index contributed by atoms with van der Waals surface area (Å²) in [4.78, 5) is 137. The summed E-state index contributed by atoms with van der Waals surface area (Å²) in [6.45, 7) is 0.531. The van der Waals surface area contributed by atoms with E-state index in [-0.39, 0.29) is 114 Å². The summed E-state index contributed by atoms with van der Waals surface area (Å²) in [6.07, 6.45) is 4.22. The number of primary amides is 1. The van der Waals surface area contributed by atoms with E-state index in [2.05, 4.69) is 21.3 Å². The molecule has 0 aliphatic rings. The van der Waals surface area contributed by atoms with Crippen molar-refractivity contribution in [1.82, 2.24) is 21.3 Å². The summed E-state index contributed by atoms with van der Waals surface area (Å²) >= 11 is 0. The number of nitrogens with one attached hydrogen (secondary N) is 4. The zero-order valence-corrected chi connectivity index (χ0v) is 53.2. The lowest BCUT2D eigenvalue weighted by atomic mass is 9.95. The molecule has 500 valence electrons. The molecule has 0 fully saturated rings. The Hall–Kier alpha value is -9.36. The maximum atomic E-state index is 14.4. The van der Waals surface area contributed by atoms with E-state index in [1.54, 1.807) is 24.3 Å². The molecule has 0 aromatic heterocycles. The standard InChI is InChI=1S/C69H89N9O15/c1-90-60-25-21-44(33-48(60)66(74)86)37-57(80)55(20-10-14-32-73)78-69(89)51-36-47(24-28-63(51)93-42-65(84)85)40-59(82)54(19-9-13-31-72)77-68(88)50-35-46(23-27-62(50)92-3)39-58(81)53(18-8-12-30-71)76-67(87)49-34-45(22-26-61(49)91-2)38-56(79)52(17-7-11-29-70)75-64(83)41-43-15-5-4-6-16-43/h4-6,15-16,21-28,33-36,52-55H,7-14,17-20,29-32,37-42,70-73H2,1-3H3,(H2,74,86)(H,75,83)(H,76,87)(H,77,88)(H,78,89)(H,84,85)/t52-,53-,54-,55-/m0/s1. The number of carbonyl (C=O) groups is 10. The van der Waals surface area contributed by atoms with Crippen LogP contribution in [0, 0.1) is 0 Å². The summed E-state index contributed by atoms with van der Waals surface area (Å²) < 4.78 is 21.9. The van der Waals surface area contributed by atoms with Gasteiger partial charge in [-0.1, -0.05) is 54.6 Å². The molecule has 24 nitrogen and oxygen atoms in total. The van der Waals surface area contributed by atoms with Crippen LogP contribution in [0.2, 0.25) is 0 Å². The number of hydrogen-bond donors (Lipinski definition) is 10. The van der Waals surface area contributed by atoms with Gasteiger partial charge in [-0.25, -0.2) is 4.79 Å². The predicted octanol–water partition coefficient (Wildman–Crippen LogP) is 4.36. The topological polar surface area (TPSA) is 406 Å². The van der Waals surface area contributed by atoms with Crippen LogP contribution in [0.15, 0.2) is 103 Å². The van der Waals surface area contributed by atoms with Gasteiger partial charge < -0.3 is 74.0 Å². The number of unbranched alkanes of at least 4 members (excludes halogenated alkanes) is 4. The molecular weight excluding hydrogens is 1190 g/mol. The molecule has 0 spiro atoms. The normalized spacial score (nSPS) is 12.2. The molecule has 24 heteroatoms. The summed E-state index contributed by atoms with van der Waals surface area (Å²) in [5.41, 5.74) is 31.0. The van der Waals surface area contributed by atoms with Gasteiger partial charge in [-0.2, -0.15) is 0 Å². The second-order valence-electron chi connectivity index (χ2n) is 22.6. The molecule has 5 rings (SSSR count). The zero-order valence-electron chi connectivity index (χ0n) is 53.2. The molecule has 5 aromatic carbocycles. The number of benzene rings is 5. The Bertz CT molecular complexity index is 3380. The minimum absolute atomic E-state index is 0.00799. The van der Waals surface area contributed by atoms with Crippen molar-refractivity contribution in [3.63, 3.8) is 0 Å². The summed E-state index contributed by atoms with van der Waals surface area (Å²) in [7, 11) is 4.11. The molecule has 0 radical (unpaired) electrons. The van der Waals surface area contributed by atoms with E-state index in [1.807, 2.05) is 30.3 Å². The summed E-state index contributed by atoms with van der Waals surface area (Å²) in [6, 6.07) is 23.1. The Morgan fingerprint density at radius 1 is 0.387 bits per heavy atom. The number of hydrogen-bond acceptors (Lipinski definition) is 18. The number of methoxy groups -OCH3 is 3. The van der Waals surface area contributed by atoms with Gasteiger partial charge in [-0.05, 0) is 180 Å². The van der Waals surface area contributed by atoms with Crippen LogP contribution in [0.5, 0.6) is 23.0 Å². The Labute approximate surface area is 542 Å². The Balaban J connectivity index is 1.36. The monoisotopic (exact) mass is 1280 g/mol. The van der Waals surface area contributed by atoms with Crippen LogP contribution in [-0.4, -0.2) is 142 Å². The van der Waals surface area contributed by atoms with E-state index >= 15 is 0 Å². The van der Waals surface area contributed by atoms with Gasteiger partial charge in [0.1, 0.15) is 23.0 Å². The van der Waals surface area contributed by atoms with Crippen molar-refractivity contribution in [3.8, 4) is 23.0 Å². The van der Waals surface area contributed by atoms with Gasteiger partial charge in [-0.15, -0.1) is 0 Å². The lowest BCUT2D eigenvalue weighted by Crippen LogP contribution is -2.42. The van der Waals surface area contributed by atoms with Crippen LogP contribution >= 0.6 is 0 Å². The quantitative estimate of drug-likeness (QED) is 0.0242. The highest BCUT2D eigenvalue weighted by atomic mass is 16.5. The highest BCUT2D eigenvalue weighted by Gasteiger charge is 2.30. The van der Waals surface area contributed by atoms with Crippen LogP contribution < -0.4 is 68.9 Å². The van der Waals surface area contributed by atoms with E-state index in [9.17, 15) is 53.1 Å². The molecule has 0 unspecified atom stereocenters. The van der Waals surface area contributed by atoms with E-state index in [0.29, 0.717) is 101 Å². The number of ether oxygens (including phenoxy) is 4. The first-order chi connectivity index (χ1) is 44.7. The number of Topliss-reactive ketones (excluding diaryl/α,β-unsaturated/α-hetero) is 4. The number of carboxylic acid groups (broad SMARTS) is 1. The van der Waals surface area contributed by atoms with Crippen molar-refractivity contribution in [2.75, 3.05) is 54.1 Å². The number of carboxylic acids is 1. The van der Waals surface area contributed by atoms with Gasteiger partial charge in [0.05, 0.1) is 74.2 Å². The predicted molar refractivity (Wildman–Crippen MR) is 349 cm³/mol. The molecule has 0 aliphatic heterocycles. The Morgan fingerprint density at radius 2 is 0.699 bits per heavy atom. The molecular formula is C69H89N9O15. The van der Waals surface area contributed by atoms with E-state index in [1.165, 1.54) is 69.9 Å². The first-order valence-electron chi connectivity index (χ1n) is 31.2. The van der Waals surface area contributed by atoms with Crippen LogP contribution in [0.1, 0.15) is 146 Å². The van der Waals surface area contributed by atoms with Crippen molar-refractivity contribution < 1.29 is 72.0 Å². The molecule has 0 saturated heterocycles. The fourth-order valence-corrected chi connectivity index (χ4v) is 10.5. The number of ketones is 4. The third-order valence-corrected chi connectivity index (χ3v) is 15.5. The second kappa shape index (κ2) is 39.1. The number of aliphatic carboxylic acids is 1. The fourth-order valence-electron chi connectivity index (χ4n) is 10.5. The van der Waals surface area contributed by atoms with Crippen LogP contribution in [0.25, 0.3) is 0 Å². The first kappa shape index (κ1) is 74.4. The average molecular weight is 1280 g/mol. The van der Waals surface area contributed by atoms with Crippen molar-refractivity contribution in [2.45, 2.75) is 133 Å². The Kier molecular flexibility index (Phi) is 31.3. The number of rotatable bonds is 44. The van der Waals surface area contributed by atoms with Gasteiger partial charge in [0, 0.05) is 25.7 Å². The lowest BCUT2D eigenvalue weighted by molar-refractivity contribution is -0.139. The maximum absolute atomic E-state index is 14.4. The van der Waals surface area contributed by atoms with Gasteiger partial charge in [0.25, 0.3) is 23.6 Å². The third kappa shape index (κ3) is 24.0. The van der Waals surface area contributed by atoms with E-state index in [4.69, 9.17) is 47.6 Å². The molecule has 5 aromatic rings. The molecule has 0 bridgehead atoms. The smallest absolute Gasteiger partial charge is 0.341 e. The zero-order chi connectivity index (χ0) is 67.8. The summed E-state index contributed by atoms with van der Waals surface area (Å²) in [5, 5.41) is 20.9. The fraction of sp³-hybridized carbons (Fsp3) is 0.420. The average Bonchev–Trinajstić information content (AvgIpc) is 0.978. The third-order valence-electron chi connectivity index (χ3n) is 15.5. The van der Waals surface area contributed by atoms with E-state index < -0.39 is 77.7 Å². The van der Waals surface area contributed by atoms with Crippen molar-refractivity contribution in [2.24, 2.45) is 28.7 Å². The van der Waals surface area contributed by atoms with Gasteiger partial charge >= 0.3 is 5.97 Å². The molecule has 5 amide bonds. The van der Waals surface area contributed by atoms with Crippen LogP contribution in [0.3, 0.4) is 0 Å². The highest BCUT2D eigenvalue weighted by Crippen LogP contribution is 2.27. The highest BCUT2D eigenvalue weighted by molar-refractivity contribution is 6.04. The number of amides is 5. The molecule has 15 N–H and O–H groups in total. The van der Waals surface area contributed by atoms with Crippen molar-refractivity contribution in [3.05, 3.63) is 153 Å². The minimum Gasteiger partial charge on any atom is -0.496 e. The van der Waals surface area contributed by atoms with Crippen LogP contribution in [0.4, 0.5) is 0 Å². The number of carbonyl (C=O) groups excluding carboxylic acids is 9. The van der Waals surface area contributed by atoms with E-state index in [0.717, 1.165) is 5.56 Å². The van der Waals surface area contributed by atoms with Crippen molar-refractivity contribution in [1.29, 1.82) is 0 Å². The lowest BCUT2D eigenvalue weighted by Gasteiger charge is -2.21. The largest absolute Gasteiger partial charge is 0.496 e. The minimum atomic E-state index is -1.34. The number of nitrogens with two attached hydrogens (primary N) is 5. The van der Waals surface area contributed by atoms with Gasteiger partial charge in [-0.3, -0.25) is 43.2 Å². The SMILES string of the molecule is COc1ccc(CC(=O)[C@H](CCCCN)NC(=O)c2cc(CC(=O)[C@H](CCCCN)NC(=O)c3cc(CC(=O)[C@H](CCCCN)NC(=O)c4cc(CC(=O)[C@H](CCCCN)NC(=O)Cc5ccccc5)ccc4OC)ccc3OC)ccc2OCC(=O)O)cc1C(N)=O. The van der Waals surface area contributed by atoms with Gasteiger partial charge in [0.15, 0.2) is 29.7 Å². The Morgan fingerprint density at radius 3 is 1.02 bits per heavy atom. The molecule has 0 aliphatic carbocycles. The molecule has 0 heterocycles. The van der Waals surface area contributed by atoms with Gasteiger partial charge in [0.2, 0.25) is 5.91 Å². The summed E-state index contributed by atoms with van der Waals surface area (Å²) in [5.74, 6) is -5.80. The second-order valence-corrected chi connectivity index (χ2v) is 22.6. The molecule has 93 heavy (non-hydrogen) atoms. The maximum Gasteiger partial charge on any atom is 0.341 e. The van der Waals surface area contributed by atoms with Crippen LogP contribution in [-0.2, 0) is 60.9 Å². The molecule has 4 atom stereocenters. The van der Waals surface area contributed by atoms with Crippen molar-refractivity contribution >= 4 is 58.6 Å². The molecule has 0 saturated carbocycles. The first-order valence-corrected chi connectivity index (χ1v) is 31.2.